The third-order valence-corrected chi connectivity index (χ3v) is 4.83. The molecule has 0 aliphatic heterocycles. The first-order valence-electron chi connectivity index (χ1n) is 7.92. The van der Waals surface area contributed by atoms with E-state index in [1.54, 1.807) is 0 Å². The lowest BCUT2D eigenvalue weighted by Crippen LogP contribution is -2.45. The van der Waals surface area contributed by atoms with Gasteiger partial charge in [-0.05, 0) is 29.7 Å². The van der Waals surface area contributed by atoms with Gasteiger partial charge in [0.1, 0.15) is 0 Å². The van der Waals surface area contributed by atoms with E-state index in [-0.39, 0.29) is 23.8 Å². The minimum Gasteiger partial charge on any atom is -0.387 e. The number of rotatable bonds is 4. The Morgan fingerprint density at radius 1 is 1.38 bits per heavy atom. The summed E-state index contributed by atoms with van der Waals surface area (Å²) in [6.07, 6.45) is 2.77. The molecular formula is C18H27NO2. The fourth-order valence-electron chi connectivity index (χ4n) is 3.69. The number of carbonyl (C=O) groups excluding carboxylic acids is 1. The third kappa shape index (κ3) is 3.85. The lowest BCUT2D eigenvalue weighted by Gasteiger charge is -2.41. The van der Waals surface area contributed by atoms with Crippen molar-refractivity contribution in [3.05, 3.63) is 35.9 Å². The van der Waals surface area contributed by atoms with Gasteiger partial charge in [0.05, 0.1) is 6.10 Å². The highest BCUT2D eigenvalue weighted by Gasteiger charge is 2.41. The Kier molecular flexibility index (Phi) is 5.04. The Morgan fingerprint density at radius 2 is 2.05 bits per heavy atom. The molecule has 1 aromatic rings. The highest BCUT2D eigenvalue weighted by molar-refractivity contribution is 5.79. The lowest BCUT2D eigenvalue weighted by molar-refractivity contribution is -0.133. The first kappa shape index (κ1) is 16.0. The molecule has 0 heterocycles. The quantitative estimate of drug-likeness (QED) is 0.893. The number of benzene rings is 1. The van der Waals surface area contributed by atoms with Gasteiger partial charge >= 0.3 is 0 Å². The van der Waals surface area contributed by atoms with E-state index >= 15 is 0 Å². The zero-order chi connectivity index (χ0) is 15.5. The summed E-state index contributed by atoms with van der Waals surface area (Å²) < 4.78 is 0. The minimum absolute atomic E-state index is 0.0363. The number of nitrogens with one attached hydrogen (secondary N) is 1. The summed E-state index contributed by atoms with van der Waals surface area (Å²) in [4.78, 5) is 12.5. The Bertz CT molecular complexity index is 469. The van der Waals surface area contributed by atoms with Crippen LogP contribution < -0.4 is 5.32 Å². The summed E-state index contributed by atoms with van der Waals surface area (Å²) in [5, 5.41) is 13.1. The molecule has 0 spiro atoms. The molecule has 1 aliphatic rings. The van der Waals surface area contributed by atoms with E-state index in [1.165, 1.54) is 6.42 Å². The van der Waals surface area contributed by atoms with Crippen LogP contribution in [-0.4, -0.2) is 17.6 Å². The number of amides is 1. The van der Waals surface area contributed by atoms with Gasteiger partial charge in [-0.2, -0.15) is 0 Å². The molecule has 2 unspecified atom stereocenters. The largest absolute Gasteiger partial charge is 0.387 e. The molecule has 2 rings (SSSR count). The Morgan fingerprint density at radius 3 is 2.67 bits per heavy atom. The molecule has 0 aromatic heterocycles. The van der Waals surface area contributed by atoms with E-state index in [9.17, 15) is 9.90 Å². The predicted octanol–water partition coefficient (Wildman–Crippen LogP) is 3.30. The smallest absolute Gasteiger partial charge is 0.224 e. The van der Waals surface area contributed by atoms with Gasteiger partial charge in [0.2, 0.25) is 5.91 Å². The van der Waals surface area contributed by atoms with Crippen LogP contribution in [0.4, 0.5) is 0 Å². The van der Waals surface area contributed by atoms with Gasteiger partial charge < -0.3 is 10.4 Å². The van der Waals surface area contributed by atoms with E-state index in [2.05, 4.69) is 26.1 Å². The Hall–Kier alpha value is -1.35. The zero-order valence-corrected chi connectivity index (χ0v) is 13.3. The molecule has 0 bridgehead atoms. The van der Waals surface area contributed by atoms with Crippen molar-refractivity contribution >= 4 is 5.91 Å². The van der Waals surface area contributed by atoms with Gasteiger partial charge in [0.25, 0.3) is 0 Å². The van der Waals surface area contributed by atoms with Crippen molar-refractivity contribution in [2.45, 2.75) is 46.1 Å². The Labute approximate surface area is 127 Å². The molecule has 3 heteroatoms. The number of hydrogen-bond acceptors (Lipinski definition) is 2. The maximum atomic E-state index is 12.5. The topological polar surface area (TPSA) is 49.3 Å². The molecule has 1 aliphatic carbocycles. The first-order chi connectivity index (χ1) is 9.92. The van der Waals surface area contributed by atoms with Crippen LogP contribution in [0.5, 0.6) is 0 Å². The zero-order valence-electron chi connectivity index (χ0n) is 13.3. The monoisotopic (exact) mass is 289 g/mol. The minimum atomic E-state index is -0.642. The highest BCUT2D eigenvalue weighted by atomic mass is 16.3. The van der Waals surface area contributed by atoms with Crippen molar-refractivity contribution in [2.75, 3.05) is 6.54 Å². The van der Waals surface area contributed by atoms with E-state index < -0.39 is 6.10 Å². The fraction of sp³-hybridized carbons (Fsp3) is 0.611. The fourth-order valence-corrected chi connectivity index (χ4v) is 3.69. The third-order valence-electron chi connectivity index (χ3n) is 4.83. The molecule has 21 heavy (non-hydrogen) atoms. The van der Waals surface area contributed by atoms with Crippen LogP contribution in [0.1, 0.15) is 51.7 Å². The van der Waals surface area contributed by atoms with Gasteiger partial charge in [-0.3, -0.25) is 4.79 Å². The summed E-state index contributed by atoms with van der Waals surface area (Å²) in [5.41, 5.74) is 0.883. The van der Waals surface area contributed by atoms with Crippen LogP contribution in [-0.2, 0) is 4.79 Å². The number of hydrogen-bond donors (Lipinski definition) is 2. The molecule has 1 amide bonds. The molecule has 2 N–H and O–H groups in total. The van der Waals surface area contributed by atoms with Gasteiger partial charge in [0, 0.05) is 12.5 Å². The maximum Gasteiger partial charge on any atom is 0.224 e. The molecule has 3 nitrogen and oxygen atoms in total. The summed E-state index contributed by atoms with van der Waals surface area (Å²) in [6.45, 7) is 6.81. The van der Waals surface area contributed by atoms with Crippen molar-refractivity contribution in [1.82, 2.24) is 5.32 Å². The number of carbonyl (C=O) groups is 1. The molecule has 0 saturated heterocycles. The van der Waals surface area contributed by atoms with Gasteiger partial charge in [0.15, 0.2) is 0 Å². The average molecular weight is 289 g/mol. The second-order valence-corrected chi connectivity index (χ2v) is 7.01. The molecule has 116 valence electrons. The van der Waals surface area contributed by atoms with Crippen LogP contribution in [0.2, 0.25) is 0 Å². The van der Waals surface area contributed by atoms with Crippen molar-refractivity contribution in [2.24, 2.45) is 17.3 Å². The number of aliphatic hydroxyl groups excluding tert-OH is 1. The van der Waals surface area contributed by atoms with E-state index in [0.717, 1.165) is 18.4 Å². The standard InChI is InChI=1S/C18H27NO2/c1-13-8-7-11-18(2,3)16(13)17(21)19-12-15(20)14-9-5-4-6-10-14/h4-6,9-10,13,15-16,20H,7-8,11-12H2,1-3H3,(H,19,21)/t13?,15?,16-/m1/s1. The summed E-state index contributed by atoms with van der Waals surface area (Å²) in [6, 6.07) is 9.47. The van der Waals surface area contributed by atoms with E-state index in [4.69, 9.17) is 0 Å². The van der Waals surface area contributed by atoms with Crippen LogP contribution in [0.15, 0.2) is 30.3 Å². The highest BCUT2D eigenvalue weighted by Crippen LogP contribution is 2.43. The molecule has 1 aromatic carbocycles. The maximum absolute atomic E-state index is 12.5. The first-order valence-corrected chi connectivity index (χ1v) is 7.92. The SMILES string of the molecule is CC1CCCC(C)(C)[C@H]1C(=O)NCC(O)c1ccccc1. The van der Waals surface area contributed by atoms with Crippen LogP contribution >= 0.6 is 0 Å². The van der Waals surface area contributed by atoms with Crippen LogP contribution in [0, 0.1) is 17.3 Å². The summed E-state index contributed by atoms with van der Waals surface area (Å²) in [7, 11) is 0. The molecule has 1 saturated carbocycles. The van der Waals surface area contributed by atoms with Crippen molar-refractivity contribution in [1.29, 1.82) is 0 Å². The molecule has 3 atom stereocenters. The van der Waals surface area contributed by atoms with E-state index in [0.29, 0.717) is 5.92 Å². The second kappa shape index (κ2) is 6.61. The van der Waals surface area contributed by atoms with Crippen LogP contribution in [0.25, 0.3) is 0 Å². The van der Waals surface area contributed by atoms with Gasteiger partial charge in [-0.1, -0.05) is 57.5 Å². The Balaban J connectivity index is 1.95. The van der Waals surface area contributed by atoms with Gasteiger partial charge in [-0.25, -0.2) is 0 Å². The molecule has 1 fully saturated rings. The lowest BCUT2D eigenvalue weighted by atomic mass is 9.64. The molecular weight excluding hydrogens is 262 g/mol. The average Bonchev–Trinajstić information content (AvgIpc) is 2.44. The van der Waals surface area contributed by atoms with E-state index in [1.807, 2.05) is 30.3 Å². The van der Waals surface area contributed by atoms with Crippen molar-refractivity contribution < 1.29 is 9.90 Å². The summed E-state index contributed by atoms with van der Waals surface area (Å²) >= 11 is 0. The van der Waals surface area contributed by atoms with Crippen molar-refractivity contribution in [3.8, 4) is 0 Å². The van der Waals surface area contributed by atoms with Gasteiger partial charge in [-0.15, -0.1) is 0 Å². The van der Waals surface area contributed by atoms with Crippen molar-refractivity contribution in [3.63, 3.8) is 0 Å². The predicted molar refractivity (Wildman–Crippen MR) is 84.7 cm³/mol. The van der Waals surface area contributed by atoms with Crippen LogP contribution in [0.3, 0.4) is 0 Å². The second-order valence-electron chi connectivity index (χ2n) is 7.01. The summed E-state index contributed by atoms with van der Waals surface area (Å²) in [5.74, 6) is 0.527. The normalized spacial score (nSPS) is 26.1. The molecule has 0 radical (unpaired) electrons. The number of aliphatic hydroxyl groups is 1.